The van der Waals surface area contributed by atoms with E-state index in [1.54, 1.807) is 6.07 Å². The number of carbonyl (C=O) groups excluding carboxylic acids is 1. The van der Waals surface area contributed by atoms with E-state index < -0.39 is 27.3 Å². The maximum absolute atomic E-state index is 12.3. The molecule has 0 aromatic carbocycles. The van der Waals surface area contributed by atoms with Gasteiger partial charge in [-0.15, -0.1) is 0 Å². The van der Waals surface area contributed by atoms with Crippen LogP contribution in [-0.4, -0.2) is 67.0 Å². The van der Waals surface area contributed by atoms with Crippen LogP contribution in [0.2, 0.25) is 0 Å². The smallest absolute Gasteiger partial charge is 0.313 e. The summed E-state index contributed by atoms with van der Waals surface area (Å²) in [5.74, 6) is -1.71. The molecule has 3 rings (SSSR count). The number of amides is 1. The van der Waals surface area contributed by atoms with Gasteiger partial charge in [0.2, 0.25) is 10.0 Å². The summed E-state index contributed by atoms with van der Waals surface area (Å²) < 4.78 is 29.6. The van der Waals surface area contributed by atoms with Crippen LogP contribution >= 0.6 is 0 Å². The molecular formula is C13H16N2O6S. The molecule has 1 aromatic rings. The van der Waals surface area contributed by atoms with Crippen LogP contribution in [0.5, 0.6) is 0 Å². The van der Waals surface area contributed by atoms with E-state index in [0.29, 0.717) is 0 Å². The molecular weight excluding hydrogens is 312 g/mol. The highest BCUT2D eigenvalue weighted by Gasteiger charge is 2.60. The number of hydrogen-bond donors (Lipinski definition) is 1. The van der Waals surface area contributed by atoms with Gasteiger partial charge in [-0.1, -0.05) is 0 Å². The minimum absolute atomic E-state index is 0.0153. The normalized spacial score (nSPS) is 28.8. The molecule has 2 saturated heterocycles. The van der Waals surface area contributed by atoms with Gasteiger partial charge >= 0.3 is 5.97 Å². The van der Waals surface area contributed by atoms with Crippen LogP contribution < -0.4 is 0 Å². The number of aliphatic carboxylic acids is 1. The lowest BCUT2D eigenvalue weighted by atomic mass is 9.81. The molecule has 2 aliphatic rings. The summed E-state index contributed by atoms with van der Waals surface area (Å²) in [6.45, 7) is 0.206. The molecule has 3 heterocycles. The Labute approximate surface area is 127 Å². The van der Waals surface area contributed by atoms with Gasteiger partial charge in [0.05, 0.1) is 12.5 Å². The van der Waals surface area contributed by atoms with Crippen molar-refractivity contribution in [2.45, 2.75) is 0 Å². The predicted octanol–water partition coefficient (Wildman–Crippen LogP) is -0.302. The Morgan fingerprint density at radius 3 is 2.59 bits per heavy atom. The summed E-state index contributed by atoms with van der Waals surface area (Å²) in [5, 5.41) is 9.60. The molecule has 9 heteroatoms. The monoisotopic (exact) mass is 328 g/mol. The van der Waals surface area contributed by atoms with Gasteiger partial charge in [-0.25, -0.2) is 12.7 Å². The Hall–Kier alpha value is -1.87. The molecule has 22 heavy (non-hydrogen) atoms. The number of likely N-dealkylation sites (tertiary alicyclic amines) is 1. The fourth-order valence-electron chi connectivity index (χ4n) is 3.28. The minimum Gasteiger partial charge on any atom is -0.481 e. The van der Waals surface area contributed by atoms with Crippen LogP contribution in [0.4, 0.5) is 0 Å². The van der Waals surface area contributed by atoms with Gasteiger partial charge in [0.15, 0.2) is 5.76 Å². The number of rotatable bonds is 3. The topological polar surface area (TPSA) is 108 Å². The van der Waals surface area contributed by atoms with Gasteiger partial charge in [-0.05, 0) is 12.1 Å². The van der Waals surface area contributed by atoms with Gasteiger partial charge in [0.1, 0.15) is 5.41 Å². The van der Waals surface area contributed by atoms with Crippen molar-refractivity contribution in [3.63, 3.8) is 0 Å². The minimum atomic E-state index is -3.45. The quantitative estimate of drug-likeness (QED) is 0.816. The summed E-state index contributed by atoms with van der Waals surface area (Å²) >= 11 is 0. The number of hydrogen-bond acceptors (Lipinski definition) is 5. The summed E-state index contributed by atoms with van der Waals surface area (Å²) in [7, 11) is -3.45. The van der Waals surface area contributed by atoms with Crippen molar-refractivity contribution in [2.24, 2.45) is 11.3 Å². The highest BCUT2D eigenvalue weighted by Crippen LogP contribution is 2.44. The summed E-state index contributed by atoms with van der Waals surface area (Å²) in [6, 6.07) is 3.11. The highest BCUT2D eigenvalue weighted by atomic mass is 32.2. The second-order valence-electron chi connectivity index (χ2n) is 5.88. The third-order valence-corrected chi connectivity index (χ3v) is 5.71. The number of furan rings is 1. The third-order valence-electron chi connectivity index (χ3n) is 4.49. The highest BCUT2D eigenvalue weighted by molar-refractivity contribution is 7.88. The van der Waals surface area contributed by atoms with Crippen LogP contribution in [0.25, 0.3) is 0 Å². The van der Waals surface area contributed by atoms with Crippen molar-refractivity contribution in [1.82, 2.24) is 9.21 Å². The maximum atomic E-state index is 12.3. The summed E-state index contributed by atoms with van der Waals surface area (Å²) in [5.41, 5.74) is -1.24. The van der Waals surface area contributed by atoms with Crippen molar-refractivity contribution in [3.05, 3.63) is 24.2 Å². The fourth-order valence-corrected chi connectivity index (χ4v) is 4.20. The van der Waals surface area contributed by atoms with E-state index in [-0.39, 0.29) is 37.8 Å². The van der Waals surface area contributed by atoms with Crippen LogP contribution in [0.3, 0.4) is 0 Å². The number of carbonyl (C=O) groups is 2. The zero-order valence-corrected chi connectivity index (χ0v) is 12.7. The lowest BCUT2D eigenvalue weighted by Gasteiger charge is -2.24. The van der Waals surface area contributed by atoms with Crippen molar-refractivity contribution < 1.29 is 27.5 Å². The van der Waals surface area contributed by atoms with E-state index in [1.165, 1.54) is 21.5 Å². The predicted molar refractivity (Wildman–Crippen MR) is 74.6 cm³/mol. The molecule has 1 N–H and O–H groups in total. The fraction of sp³-hybridized carbons (Fsp3) is 0.538. The van der Waals surface area contributed by atoms with Gasteiger partial charge < -0.3 is 14.4 Å². The Kier molecular flexibility index (Phi) is 3.29. The lowest BCUT2D eigenvalue weighted by Crippen LogP contribution is -2.42. The van der Waals surface area contributed by atoms with E-state index in [4.69, 9.17) is 4.42 Å². The van der Waals surface area contributed by atoms with Crippen molar-refractivity contribution >= 4 is 21.9 Å². The molecule has 0 unspecified atom stereocenters. The van der Waals surface area contributed by atoms with E-state index in [9.17, 15) is 23.1 Å². The molecule has 0 radical (unpaired) electrons. The Balaban J connectivity index is 1.86. The van der Waals surface area contributed by atoms with Crippen LogP contribution in [0.1, 0.15) is 10.6 Å². The molecule has 120 valence electrons. The molecule has 0 aliphatic carbocycles. The van der Waals surface area contributed by atoms with Gasteiger partial charge in [-0.3, -0.25) is 9.59 Å². The van der Waals surface area contributed by atoms with Gasteiger partial charge in [0, 0.05) is 32.1 Å². The molecule has 0 saturated carbocycles. The molecule has 2 aliphatic heterocycles. The van der Waals surface area contributed by atoms with Crippen LogP contribution in [0.15, 0.2) is 22.8 Å². The average molecular weight is 328 g/mol. The van der Waals surface area contributed by atoms with Crippen molar-refractivity contribution in [2.75, 3.05) is 32.4 Å². The molecule has 0 spiro atoms. The lowest BCUT2D eigenvalue weighted by molar-refractivity contribution is -0.148. The number of fused-ring (bicyclic) bond motifs is 1. The molecule has 8 nitrogen and oxygen atoms in total. The first-order valence-electron chi connectivity index (χ1n) is 6.75. The molecule has 1 aromatic heterocycles. The van der Waals surface area contributed by atoms with E-state index in [2.05, 4.69) is 0 Å². The number of carboxylic acid groups (broad SMARTS) is 1. The van der Waals surface area contributed by atoms with E-state index in [0.717, 1.165) is 6.26 Å². The first-order valence-corrected chi connectivity index (χ1v) is 8.60. The van der Waals surface area contributed by atoms with E-state index >= 15 is 0 Å². The number of sulfonamides is 1. The zero-order valence-electron chi connectivity index (χ0n) is 11.9. The SMILES string of the molecule is CS(=O)(=O)N1C[C@H]2CN(C(=O)c3ccco3)C[C@@]2(C(=O)O)C1. The van der Waals surface area contributed by atoms with Crippen LogP contribution in [-0.2, 0) is 14.8 Å². The summed E-state index contributed by atoms with van der Waals surface area (Å²) in [6.07, 6.45) is 2.44. The Morgan fingerprint density at radius 1 is 1.36 bits per heavy atom. The van der Waals surface area contributed by atoms with Crippen molar-refractivity contribution in [3.8, 4) is 0 Å². The van der Waals surface area contributed by atoms with Crippen molar-refractivity contribution in [1.29, 1.82) is 0 Å². The number of nitrogens with zero attached hydrogens (tertiary/aromatic N) is 2. The first-order chi connectivity index (χ1) is 10.2. The van der Waals surface area contributed by atoms with E-state index in [1.807, 2.05) is 0 Å². The first kappa shape index (κ1) is 15.0. The molecule has 2 atom stereocenters. The Bertz CT molecular complexity index is 713. The standard InChI is InChI=1S/C13H16N2O6S/c1-22(19,20)15-6-9-5-14(7-13(9,8-15)12(17)18)11(16)10-3-2-4-21-10/h2-4,9H,5-8H2,1H3,(H,17,18)/t9-,13-/m1/s1. The average Bonchev–Trinajstić information content (AvgIpc) is 3.10. The molecule has 0 bridgehead atoms. The molecule has 1 amide bonds. The number of carboxylic acids is 1. The molecule has 2 fully saturated rings. The maximum Gasteiger partial charge on any atom is 0.313 e. The van der Waals surface area contributed by atoms with Crippen LogP contribution in [0, 0.1) is 11.3 Å². The zero-order chi connectivity index (χ0) is 16.1. The van der Waals surface area contributed by atoms with Gasteiger partial charge in [0.25, 0.3) is 5.91 Å². The second kappa shape index (κ2) is 4.82. The third kappa shape index (κ3) is 2.20. The second-order valence-corrected chi connectivity index (χ2v) is 7.86. The largest absolute Gasteiger partial charge is 0.481 e. The summed E-state index contributed by atoms with van der Waals surface area (Å²) in [4.78, 5) is 25.5. The van der Waals surface area contributed by atoms with Gasteiger partial charge in [-0.2, -0.15) is 0 Å². The Morgan fingerprint density at radius 2 is 2.09 bits per heavy atom.